The van der Waals surface area contributed by atoms with Crippen molar-refractivity contribution in [1.29, 1.82) is 0 Å². The van der Waals surface area contributed by atoms with Crippen LogP contribution in [0.15, 0.2) is 30.4 Å². The lowest BCUT2D eigenvalue weighted by Gasteiger charge is -2.12. The average Bonchev–Trinajstić information content (AvgIpc) is 2.86. The van der Waals surface area contributed by atoms with Gasteiger partial charge < -0.3 is 10.2 Å². The van der Waals surface area contributed by atoms with Crippen molar-refractivity contribution in [2.75, 3.05) is 0 Å². The molecule has 0 aromatic heterocycles. The van der Waals surface area contributed by atoms with Crippen LogP contribution in [0.5, 0.6) is 5.75 Å². The fraction of sp³-hybridized carbons (Fsp3) is 0.727. The second-order valence-electron chi connectivity index (χ2n) is 10.6. The van der Waals surface area contributed by atoms with E-state index in [1.54, 1.807) is 0 Å². The summed E-state index contributed by atoms with van der Waals surface area (Å²) in [6.45, 7) is 2.27. The van der Waals surface area contributed by atoms with Crippen LogP contribution in [-0.4, -0.2) is 16.2 Å². The molecule has 3 nitrogen and oxygen atoms in total. The summed E-state index contributed by atoms with van der Waals surface area (Å²) in [5.41, 5.74) is 2.57. The van der Waals surface area contributed by atoms with Crippen molar-refractivity contribution in [3.05, 3.63) is 41.5 Å². The third-order valence-corrected chi connectivity index (χ3v) is 7.27. The molecule has 0 aliphatic carbocycles. The van der Waals surface area contributed by atoms with E-state index in [2.05, 4.69) is 25.1 Å². The number of hydrogen-bond acceptors (Lipinski definition) is 2. The van der Waals surface area contributed by atoms with Gasteiger partial charge in [-0.3, -0.25) is 4.79 Å². The molecule has 0 aliphatic rings. The van der Waals surface area contributed by atoms with E-state index in [9.17, 15) is 9.90 Å². The Hall–Kier alpha value is -1.77. The number of phenolic OH excluding ortho intramolecular Hbond substituents is 1. The topological polar surface area (TPSA) is 57.5 Å². The highest BCUT2D eigenvalue weighted by atomic mass is 16.4. The fourth-order valence-electron chi connectivity index (χ4n) is 4.99. The molecule has 0 saturated heterocycles. The van der Waals surface area contributed by atoms with Crippen LogP contribution in [-0.2, 0) is 17.6 Å². The molecule has 0 amide bonds. The average molecular weight is 501 g/mol. The molecule has 0 spiro atoms. The van der Waals surface area contributed by atoms with Gasteiger partial charge >= 0.3 is 5.97 Å². The number of unbranched alkanes of at least 4 members (excludes halogenated alkanes) is 17. The van der Waals surface area contributed by atoms with Crippen LogP contribution >= 0.6 is 0 Å². The van der Waals surface area contributed by atoms with Crippen molar-refractivity contribution >= 4 is 5.97 Å². The minimum Gasteiger partial charge on any atom is -0.508 e. The monoisotopic (exact) mass is 500 g/mol. The van der Waals surface area contributed by atoms with Gasteiger partial charge in [0.2, 0.25) is 0 Å². The second kappa shape index (κ2) is 23.6. The van der Waals surface area contributed by atoms with Crippen LogP contribution in [0, 0.1) is 0 Å². The Morgan fingerprint density at radius 3 is 1.75 bits per heavy atom. The molecule has 0 bridgehead atoms. The minimum absolute atomic E-state index is 0.316. The van der Waals surface area contributed by atoms with Crippen LogP contribution in [0.1, 0.15) is 153 Å². The van der Waals surface area contributed by atoms with Crippen LogP contribution in [0.4, 0.5) is 0 Å². The molecule has 0 aliphatic heterocycles. The van der Waals surface area contributed by atoms with Crippen LogP contribution in [0.3, 0.4) is 0 Å². The quantitative estimate of drug-likeness (QED) is 0.104. The zero-order valence-electron chi connectivity index (χ0n) is 23.5. The number of allylic oxidation sites excluding steroid dienone is 2. The van der Waals surface area contributed by atoms with Crippen molar-refractivity contribution in [2.24, 2.45) is 0 Å². The molecule has 0 saturated carbocycles. The van der Waals surface area contributed by atoms with Crippen molar-refractivity contribution in [2.45, 2.75) is 155 Å². The normalized spacial score (nSPS) is 11.5. The Kier molecular flexibility index (Phi) is 21.2. The maximum Gasteiger partial charge on any atom is 0.303 e. The van der Waals surface area contributed by atoms with Gasteiger partial charge in [0.25, 0.3) is 0 Å². The highest BCUT2D eigenvalue weighted by Gasteiger charge is 2.07. The Bertz CT molecular complexity index is 680. The molecule has 0 radical (unpaired) electrons. The Labute approximate surface area is 222 Å². The van der Waals surface area contributed by atoms with Gasteiger partial charge in [0, 0.05) is 6.42 Å². The smallest absolute Gasteiger partial charge is 0.303 e. The predicted octanol–water partition coefficient (Wildman–Crippen LogP) is 10.3. The Morgan fingerprint density at radius 2 is 1.17 bits per heavy atom. The van der Waals surface area contributed by atoms with Gasteiger partial charge in [-0.1, -0.05) is 115 Å². The molecular weight excluding hydrogens is 444 g/mol. The van der Waals surface area contributed by atoms with Crippen molar-refractivity contribution in [3.63, 3.8) is 0 Å². The van der Waals surface area contributed by atoms with Gasteiger partial charge in [0.15, 0.2) is 0 Å². The number of aliphatic carboxylic acids is 1. The number of aryl methyl sites for hydroxylation is 1. The van der Waals surface area contributed by atoms with E-state index in [-0.39, 0.29) is 0 Å². The zero-order valence-corrected chi connectivity index (χ0v) is 23.5. The lowest BCUT2D eigenvalue weighted by atomic mass is 9.95. The highest BCUT2D eigenvalue weighted by Crippen LogP contribution is 2.25. The third-order valence-electron chi connectivity index (χ3n) is 7.27. The van der Waals surface area contributed by atoms with E-state index < -0.39 is 5.97 Å². The van der Waals surface area contributed by atoms with E-state index in [4.69, 9.17) is 5.11 Å². The molecule has 3 heteroatoms. The molecule has 1 aromatic rings. The summed E-state index contributed by atoms with van der Waals surface area (Å²) in [5.74, 6) is -0.172. The summed E-state index contributed by atoms with van der Waals surface area (Å²) in [4.78, 5) is 10.5. The number of phenols is 1. The van der Waals surface area contributed by atoms with Crippen molar-refractivity contribution < 1.29 is 15.0 Å². The van der Waals surface area contributed by atoms with Crippen LogP contribution < -0.4 is 0 Å². The number of carboxylic acids is 1. The Morgan fingerprint density at radius 1 is 0.667 bits per heavy atom. The van der Waals surface area contributed by atoms with Gasteiger partial charge in [-0.05, 0) is 75.0 Å². The number of rotatable bonds is 25. The lowest BCUT2D eigenvalue weighted by Crippen LogP contribution is -1.96. The number of aromatic hydroxyl groups is 1. The van der Waals surface area contributed by atoms with Crippen molar-refractivity contribution in [1.82, 2.24) is 0 Å². The molecule has 206 valence electrons. The van der Waals surface area contributed by atoms with Gasteiger partial charge in [0.05, 0.1) is 0 Å². The summed E-state index contributed by atoms with van der Waals surface area (Å²) in [5, 5.41) is 19.0. The maximum absolute atomic E-state index is 10.5. The first-order chi connectivity index (χ1) is 17.6. The zero-order chi connectivity index (χ0) is 26.1. The van der Waals surface area contributed by atoms with E-state index in [1.807, 2.05) is 12.1 Å². The molecule has 1 aromatic carbocycles. The first kappa shape index (κ1) is 32.3. The predicted molar refractivity (Wildman–Crippen MR) is 155 cm³/mol. The van der Waals surface area contributed by atoms with Crippen LogP contribution in [0.2, 0.25) is 0 Å². The van der Waals surface area contributed by atoms with E-state index in [1.165, 1.54) is 114 Å². The molecule has 36 heavy (non-hydrogen) atoms. The lowest BCUT2D eigenvalue weighted by molar-refractivity contribution is -0.137. The summed E-state index contributed by atoms with van der Waals surface area (Å²) >= 11 is 0. The summed E-state index contributed by atoms with van der Waals surface area (Å²) in [7, 11) is 0. The van der Waals surface area contributed by atoms with E-state index in [0.717, 1.165) is 38.5 Å². The summed E-state index contributed by atoms with van der Waals surface area (Å²) in [6.07, 6.45) is 31.9. The minimum atomic E-state index is -0.673. The van der Waals surface area contributed by atoms with Gasteiger partial charge in [-0.25, -0.2) is 0 Å². The molecule has 0 fully saturated rings. The number of carbonyl (C=O) groups is 1. The van der Waals surface area contributed by atoms with Crippen molar-refractivity contribution in [3.8, 4) is 5.75 Å². The van der Waals surface area contributed by atoms with E-state index in [0.29, 0.717) is 12.2 Å². The molecule has 0 atom stereocenters. The highest BCUT2D eigenvalue weighted by molar-refractivity contribution is 5.66. The summed E-state index contributed by atoms with van der Waals surface area (Å²) < 4.78 is 0. The maximum atomic E-state index is 10.5. The first-order valence-corrected chi connectivity index (χ1v) is 15.3. The second-order valence-corrected chi connectivity index (χ2v) is 10.6. The Balaban J connectivity index is 2.01. The fourth-order valence-corrected chi connectivity index (χ4v) is 4.99. The SMILES string of the molecule is CCCCCCCCCc1cccc(O)c1CCCCCCCC/C=C\CCCCCCCC(=O)O. The summed E-state index contributed by atoms with van der Waals surface area (Å²) in [6, 6.07) is 6.09. The molecule has 0 heterocycles. The standard InChI is InChI=1S/C33H56O3/c1-2-3-4-5-15-18-21-25-30-26-24-28-32(34)31(30)27-22-19-16-13-11-9-7-6-8-10-12-14-17-20-23-29-33(35)36/h6,8,24,26,28,34H,2-5,7,9-23,25,27,29H2,1H3,(H,35,36)/b8-6-. The van der Waals surface area contributed by atoms with Gasteiger partial charge in [0.1, 0.15) is 5.75 Å². The number of carboxylic acid groups (broad SMARTS) is 1. The molecule has 0 unspecified atom stereocenters. The largest absolute Gasteiger partial charge is 0.508 e. The molecule has 2 N–H and O–H groups in total. The van der Waals surface area contributed by atoms with E-state index >= 15 is 0 Å². The van der Waals surface area contributed by atoms with Crippen LogP contribution in [0.25, 0.3) is 0 Å². The molecular formula is C33H56O3. The van der Waals surface area contributed by atoms with Gasteiger partial charge in [-0.2, -0.15) is 0 Å². The molecule has 1 rings (SSSR count). The third kappa shape index (κ3) is 18.5. The van der Waals surface area contributed by atoms with Gasteiger partial charge in [-0.15, -0.1) is 0 Å². The number of hydrogen-bond donors (Lipinski definition) is 2. The number of benzene rings is 1. The first-order valence-electron chi connectivity index (χ1n) is 15.3.